The molecule has 2 amide bonds. The molecule has 0 saturated heterocycles. The first kappa shape index (κ1) is 21.1. The second-order valence-corrected chi connectivity index (χ2v) is 8.63. The van der Waals surface area contributed by atoms with Crippen LogP contribution in [0.1, 0.15) is 43.0 Å². The van der Waals surface area contributed by atoms with Gasteiger partial charge in [-0.2, -0.15) is 5.10 Å². The summed E-state index contributed by atoms with van der Waals surface area (Å²) < 4.78 is 0. The summed E-state index contributed by atoms with van der Waals surface area (Å²) in [6.07, 6.45) is 6.64. The molecule has 8 nitrogen and oxygen atoms in total. The molecule has 0 radical (unpaired) electrons. The van der Waals surface area contributed by atoms with Gasteiger partial charge in [0.1, 0.15) is 11.5 Å². The van der Waals surface area contributed by atoms with Crippen molar-refractivity contribution >= 4 is 22.8 Å². The van der Waals surface area contributed by atoms with Crippen molar-refractivity contribution in [1.29, 1.82) is 0 Å². The van der Waals surface area contributed by atoms with Crippen LogP contribution >= 0.6 is 0 Å². The first-order chi connectivity index (χ1) is 16.0. The molecule has 4 aromatic rings. The van der Waals surface area contributed by atoms with Crippen LogP contribution < -0.4 is 10.6 Å². The topological polar surface area (TPSA) is 116 Å². The number of H-pyrrole nitrogens is 1. The normalized spacial score (nSPS) is 15.9. The number of aryl methyl sites for hydroxylation is 1. The fourth-order valence-corrected chi connectivity index (χ4v) is 4.63. The number of nitrogens with one attached hydrogen (secondary N) is 3. The summed E-state index contributed by atoms with van der Waals surface area (Å²) in [5.41, 5.74) is 3.32. The maximum absolute atomic E-state index is 12.9. The van der Waals surface area contributed by atoms with Crippen molar-refractivity contribution in [3.63, 3.8) is 0 Å². The number of aromatic amines is 1. The first-order valence-corrected chi connectivity index (χ1v) is 11.1. The van der Waals surface area contributed by atoms with E-state index >= 15 is 0 Å². The van der Waals surface area contributed by atoms with Crippen LogP contribution in [0, 0.1) is 6.92 Å². The van der Waals surface area contributed by atoms with E-state index in [1.807, 2.05) is 49.4 Å². The lowest BCUT2D eigenvalue weighted by Crippen LogP contribution is -2.45. The standard InChI is InChI=1S/C25H26N6O2/c1-16-13-18(9-12-26-16)22-19-15-27-21(14-20(19)30-31-22)28-24(32)29-23(17-7-3-2-4-8-17)25(33)10-5-6-11-25/h2-4,7-9,12-15,23,33H,5-6,10-11H2,1H3,(H,30,31)(H2,27,28,29,32). The van der Waals surface area contributed by atoms with Gasteiger partial charge in [0.2, 0.25) is 0 Å². The number of benzene rings is 1. The number of urea groups is 1. The lowest BCUT2D eigenvalue weighted by atomic mass is 9.87. The summed E-state index contributed by atoms with van der Waals surface area (Å²) in [6, 6.07) is 14.3. The Hall–Kier alpha value is -3.78. The van der Waals surface area contributed by atoms with E-state index in [9.17, 15) is 9.90 Å². The molecule has 1 aliphatic carbocycles. The molecule has 5 rings (SSSR count). The average molecular weight is 443 g/mol. The van der Waals surface area contributed by atoms with Crippen molar-refractivity contribution < 1.29 is 9.90 Å². The van der Waals surface area contributed by atoms with Crippen LogP contribution in [-0.2, 0) is 0 Å². The number of fused-ring (bicyclic) bond motifs is 1. The molecule has 33 heavy (non-hydrogen) atoms. The van der Waals surface area contributed by atoms with Gasteiger partial charge in [0, 0.05) is 35.1 Å². The molecular weight excluding hydrogens is 416 g/mol. The molecule has 0 bridgehead atoms. The largest absolute Gasteiger partial charge is 0.387 e. The minimum absolute atomic E-state index is 0.395. The van der Waals surface area contributed by atoms with E-state index in [2.05, 4.69) is 30.8 Å². The zero-order chi connectivity index (χ0) is 22.8. The van der Waals surface area contributed by atoms with E-state index in [-0.39, 0.29) is 0 Å². The van der Waals surface area contributed by atoms with Crippen molar-refractivity contribution in [3.05, 3.63) is 72.2 Å². The molecule has 1 aliphatic rings. The molecule has 3 heterocycles. The van der Waals surface area contributed by atoms with Gasteiger partial charge in [-0.1, -0.05) is 43.2 Å². The summed E-state index contributed by atoms with van der Waals surface area (Å²) in [5.74, 6) is 0.395. The highest BCUT2D eigenvalue weighted by Gasteiger charge is 2.41. The third kappa shape index (κ3) is 4.29. The minimum Gasteiger partial charge on any atom is -0.387 e. The molecule has 4 N–H and O–H groups in total. The Labute approximate surface area is 191 Å². The van der Waals surface area contributed by atoms with Gasteiger partial charge in [0.05, 0.1) is 17.2 Å². The number of nitrogens with zero attached hydrogens (tertiary/aromatic N) is 3. The van der Waals surface area contributed by atoms with Gasteiger partial charge in [-0.25, -0.2) is 9.78 Å². The molecule has 0 spiro atoms. The van der Waals surface area contributed by atoms with Gasteiger partial charge >= 0.3 is 6.03 Å². The first-order valence-electron chi connectivity index (χ1n) is 11.1. The van der Waals surface area contributed by atoms with E-state index < -0.39 is 17.7 Å². The van der Waals surface area contributed by atoms with Crippen LogP contribution in [0.3, 0.4) is 0 Å². The van der Waals surface area contributed by atoms with Crippen molar-refractivity contribution in [2.45, 2.75) is 44.2 Å². The van der Waals surface area contributed by atoms with Crippen LogP contribution in [0.5, 0.6) is 0 Å². The molecule has 0 aliphatic heterocycles. The summed E-state index contributed by atoms with van der Waals surface area (Å²) in [7, 11) is 0. The van der Waals surface area contributed by atoms with Crippen LogP contribution in [-0.4, -0.2) is 36.9 Å². The number of aromatic nitrogens is 4. The number of carbonyl (C=O) groups excluding carboxylic acids is 1. The predicted molar refractivity (Wildman–Crippen MR) is 127 cm³/mol. The number of carbonyl (C=O) groups is 1. The highest BCUT2D eigenvalue weighted by atomic mass is 16.3. The lowest BCUT2D eigenvalue weighted by Gasteiger charge is -2.33. The Kier molecular flexibility index (Phi) is 5.51. The highest BCUT2D eigenvalue weighted by Crippen LogP contribution is 2.39. The molecule has 1 atom stereocenters. The number of pyridine rings is 2. The van der Waals surface area contributed by atoms with Gasteiger partial charge in [-0.3, -0.25) is 15.4 Å². The minimum atomic E-state index is -0.961. The van der Waals surface area contributed by atoms with E-state index in [0.29, 0.717) is 18.7 Å². The van der Waals surface area contributed by atoms with E-state index in [4.69, 9.17) is 0 Å². The third-order valence-electron chi connectivity index (χ3n) is 6.27. The van der Waals surface area contributed by atoms with Crippen molar-refractivity contribution in [2.24, 2.45) is 0 Å². The summed E-state index contributed by atoms with van der Waals surface area (Å²) in [6.45, 7) is 1.93. The van der Waals surface area contributed by atoms with Gasteiger partial charge < -0.3 is 10.4 Å². The Bertz CT molecular complexity index is 1280. The van der Waals surface area contributed by atoms with Gasteiger partial charge in [0.15, 0.2) is 0 Å². The second-order valence-electron chi connectivity index (χ2n) is 8.63. The van der Waals surface area contributed by atoms with E-state index in [1.54, 1.807) is 18.5 Å². The summed E-state index contributed by atoms with van der Waals surface area (Å²) in [4.78, 5) is 21.5. The molecule has 8 heteroatoms. The summed E-state index contributed by atoms with van der Waals surface area (Å²) in [5, 5.41) is 25.3. The maximum Gasteiger partial charge on any atom is 0.320 e. The van der Waals surface area contributed by atoms with E-state index in [1.165, 1.54) is 0 Å². The predicted octanol–water partition coefficient (Wildman–Crippen LogP) is 4.50. The van der Waals surface area contributed by atoms with Crippen LogP contribution in [0.25, 0.3) is 22.2 Å². The zero-order valence-electron chi connectivity index (χ0n) is 18.4. The molecular formula is C25H26N6O2. The molecule has 1 aromatic carbocycles. The van der Waals surface area contributed by atoms with E-state index in [0.717, 1.165) is 46.3 Å². The smallest absolute Gasteiger partial charge is 0.320 e. The molecule has 1 fully saturated rings. The highest BCUT2D eigenvalue weighted by molar-refractivity contribution is 5.95. The van der Waals surface area contributed by atoms with Gasteiger partial charge in [0.25, 0.3) is 0 Å². The number of hydrogen-bond donors (Lipinski definition) is 4. The Balaban J connectivity index is 1.36. The monoisotopic (exact) mass is 442 g/mol. The quantitative estimate of drug-likeness (QED) is 0.363. The van der Waals surface area contributed by atoms with Crippen LogP contribution in [0.2, 0.25) is 0 Å². The van der Waals surface area contributed by atoms with Crippen molar-refractivity contribution in [1.82, 2.24) is 25.5 Å². The number of hydrogen-bond acceptors (Lipinski definition) is 5. The molecule has 1 saturated carbocycles. The summed E-state index contributed by atoms with van der Waals surface area (Å²) >= 11 is 0. The van der Waals surface area contributed by atoms with Crippen molar-refractivity contribution in [3.8, 4) is 11.3 Å². The molecule has 1 unspecified atom stereocenters. The van der Waals surface area contributed by atoms with Gasteiger partial charge in [-0.15, -0.1) is 0 Å². The number of anilines is 1. The maximum atomic E-state index is 12.9. The fraction of sp³-hybridized carbons (Fsp3) is 0.280. The van der Waals surface area contributed by atoms with Crippen LogP contribution in [0.4, 0.5) is 10.6 Å². The Morgan fingerprint density at radius 1 is 1.12 bits per heavy atom. The average Bonchev–Trinajstić information content (AvgIpc) is 3.45. The number of aliphatic hydroxyl groups is 1. The SMILES string of the molecule is Cc1cc(-c2n[nH]c3cc(NC(=O)NC(c4ccccc4)C4(O)CCCC4)ncc23)ccn1. The second kappa shape index (κ2) is 8.63. The number of rotatable bonds is 5. The fourth-order valence-electron chi connectivity index (χ4n) is 4.63. The van der Waals surface area contributed by atoms with Crippen molar-refractivity contribution in [2.75, 3.05) is 5.32 Å². The lowest BCUT2D eigenvalue weighted by molar-refractivity contribution is 0.0113. The van der Waals surface area contributed by atoms with Crippen LogP contribution in [0.15, 0.2) is 60.9 Å². The Morgan fingerprint density at radius 2 is 1.91 bits per heavy atom. The molecule has 168 valence electrons. The van der Waals surface area contributed by atoms with Gasteiger partial charge in [-0.05, 0) is 37.5 Å². The third-order valence-corrected chi connectivity index (χ3v) is 6.27. The Morgan fingerprint density at radius 3 is 2.67 bits per heavy atom. The molecule has 3 aromatic heterocycles. The zero-order valence-corrected chi connectivity index (χ0v) is 18.4. The number of amides is 2.